The standard InChI is InChI=1S/C21H27N3O2S2/c1-3-16-6-8-17(9-7-16)15-18-20(26)24(21(27)28-18)10-4-5-19(25)23-13-11-22(2)12-14-23/h6-9,15H,3-5,10-14H2,1-2H3/p+1/b18-15-. The summed E-state index contributed by atoms with van der Waals surface area (Å²) in [7, 11) is 2.16. The summed E-state index contributed by atoms with van der Waals surface area (Å²) in [6.45, 7) is 6.28. The lowest BCUT2D eigenvalue weighted by Crippen LogP contribution is -3.12. The first-order chi connectivity index (χ1) is 13.5. The van der Waals surface area contributed by atoms with Crippen LogP contribution in [0.25, 0.3) is 6.08 Å². The van der Waals surface area contributed by atoms with Crippen molar-refractivity contribution < 1.29 is 14.5 Å². The lowest BCUT2D eigenvalue weighted by atomic mass is 10.1. The van der Waals surface area contributed by atoms with Gasteiger partial charge in [-0.3, -0.25) is 14.5 Å². The molecule has 1 aromatic carbocycles. The fourth-order valence-corrected chi connectivity index (χ4v) is 4.69. The summed E-state index contributed by atoms with van der Waals surface area (Å²) < 4.78 is 0.581. The van der Waals surface area contributed by atoms with Crippen molar-refractivity contribution in [3.8, 4) is 0 Å². The van der Waals surface area contributed by atoms with Crippen LogP contribution < -0.4 is 4.90 Å². The van der Waals surface area contributed by atoms with Crippen LogP contribution in [0, 0.1) is 0 Å². The number of hydrogen-bond acceptors (Lipinski definition) is 4. The molecule has 2 aliphatic rings. The van der Waals surface area contributed by atoms with Crippen LogP contribution in [0.5, 0.6) is 0 Å². The number of rotatable bonds is 6. The van der Waals surface area contributed by atoms with E-state index in [-0.39, 0.29) is 11.8 Å². The molecule has 0 saturated carbocycles. The first kappa shape index (κ1) is 21.0. The maximum atomic E-state index is 12.7. The normalized spacial score (nSPS) is 19.7. The molecule has 2 heterocycles. The molecule has 2 amide bonds. The van der Waals surface area contributed by atoms with Crippen LogP contribution in [-0.2, 0) is 16.0 Å². The third-order valence-electron chi connectivity index (χ3n) is 5.30. The Hall–Kier alpha value is -1.70. The van der Waals surface area contributed by atoms with Crippen molar-refractivity contribution in [2.45, 2.75) is 26.2 Å². The Morgan fingerprint density at radius 2 is 1.93 bits per heavy atom. The van der Waals surface area contributed by atoms with Gasteiger partial charge in [0, 0.05) is 13.0 Å². The van der Waals surface area contributed by atoms with E-state index in [2.05, 4.69) is 26.1 Å². The summed E-state index contributed by atoms with van der Waals surface area (Å²) in [5.41, 5.74) is 2.28. The predicted molar refractivity (Wildman–Crippen MR) is 118 cm³/mol. The highest BCUT2D eigenvalue weighted by molar-refractivity contribution is 8.26. The van der Waals surface area contributed by atoms with Crippen molar-refractivity contribution >= 4 is 46.2 Å². The topological polar surface area (TPSA) is 45.1 Å². The minimum absolute atomic E-state index is 0.0507. The quantitative estimate of drug-likeness (QED) is 0.563. The number of thiocarbonyl (C=S) groups is 1. The van der Waals surface area contributed by atoms with Gasteiger partial charge >= 0.3 is 0 Å². The van der Waals surface area contributed by atoms with Crippen molar-refractivity contribution in [1.29, 1.82) is 0 Å². The SMILES string of the molecule is CCc1ccc(/C=C2\SC(=S)N(CCCC(=O)N3CC[NH+](C)CC3)C2=O)cc1. The number of likely N-dealkylation sites (N-methyl/N-ethyl adjacent to an activating group) is 1. The fourth-order valence-electron chi connectivity index (χ4n) is 3.38. The van der Waals surface area contributed by atoms with E-state index in [9.17, 15) is 9.59 Å². The Morgan fingerprint density at radius 1 is 1.25 bits per heavy atom. The number of nitrogens with zero attached hydrogens (tertiary/aromatic N) is 2. The highest BCUT2D eigenvalue weighted by atomic mass is 32.2. The van der Waals surface area contributed by atoms with Gasteiger partial charge in [0.25, 0.3) is 5.91 Å². The minimum atomic E-state index is -0.0507. The minimum Gasteiger partial charge on any atom is -0.334 e. The lowest BCUT2D eigenvalue weighted by Gasteiger charge is -2.30. The summed E-state index contributed by atoms with van der Waals surface area (Å²) in [6, 6.07) is 8.22. The first-order valence-electron chi connectivity index (χ1n) is 9.91. The number of aryl methyl sites for hydroxylation is 1. The first-order valence-corrected chi connectivity index (χ1v) is 11.1. The van der Waals surface area contributed by atoms with Crippen molar-refractivity contribution in [2.24, 2.45) is 0 Å². The summed E-state index contributed by atoms with van der Waals surface area (Å²) >= 11 is 6.74. The van der Waals surface area contributed by atoms with Gasteiger partial charge in [-0.25, -0.2) is 0 Å². The Labute approximate surface area is 176 Å². The second-order valence-corrected chi connectivity index (χ2v) is 9.05. The van der Waals surface area contributed by atoms with E-state index >= 15 is 0 Å². The summed E-state index contributed by atoms with van der Waals surface area (Å²) in [6.07, 6.45) is 4.00. The highest BCUT2D eigenvalue weighted by Crippen LogP contribution is 2.32. The molecule has 1 N–H and O–H groups in total. The van der Waals surface area contributed by atoms with Crippen molar-refractivity contribution in [3.63, 3.8) is 0 Å². The van der Waals surface area contributed by atoms with E-state index in [4.69, 9.17) is 12.2 Å². The van der Waals surface area contributed by atoms with Crippen molar-refractivity contribution in [3.05, 3.63) is 40.3 Å². The molecule has 0 bridgehead atoms. The molecule has 0 spiro atoms. The number of nitrogens with one attached hydrogen (secondary N) is 1. The zero-order chi connectivity index (χ0) is 20.1. The monoisotopic (exact) mass is 418 g/mol. The van der Waals surface area contributed by atoms with E-state index < -0.39 is 0 Å². The molecule has 3 rings (SSSR count). The van der Waals surface area contributed by atoms with Gasteiger partial charge in [0.15, 0.2) is 0 Å². The van der Waals surface area contributed by atoms with Crippen molar-refractivity contribution in [2.75, 3.05) is 39.8 Å². The number of hydrogen-bond donors (Lipinski definition) is 1. The number of thioether (sulfide) groups is 1. The van der Waals surface area contributed by atoms with Gasteiger partial charge in [0.2, 0.25) is 5.91 Å². The Kier molecular flexibility index (Phi) is 7.26. The van der Waals surface area contributed by atoms with Crippen LogP contribution in [0.1, 0.15) is 30.9 Å². The molecule has 5 nitrogen and oxygen atoms in total. The molecule has 0 aliphatic carbocycles. The van der Waals surface area contributed by atoms with Crippen molar-refractivity contribution in [1.82, 2.24) is 9.80 Å². The van der Waals surface area contributed by atoms with E-state index in [1.807, 2.05) is 23.1 Å². The number of quaternary nitrogens is 1. The number of carbonyl (C=O) groups is 2. The maximum Gasteiger partial charge on any atom is 0.266 e. The Morgan fingerprint density at radius 3 is 2.57 bits per heavy atom. The van der Waals surface area contributed by atoms with Gasteiger partial charge in [0.1, 0.15) is 4.32 Å². The lowest BCUT2D eigenvalue weighted by molar-refractivity contribution is -0.883. The van der Waals surface area contributed by atoms with Crippen LogP contribution in [0.3, 0.4) is 0 Å². The molecule has 0 atom stereocenters. The van der Waals surface area contributed by atoms with Gasteiger partial charge in [-0.1, -0.05) is 55.2 Å². The molecule has 2 saturated heterocycles. The average molecular weight is 419 g/mol. The van der Waals surface area contributed by atoms with E-state index in [0.29, 0.717) is 28.6 Å². The molecule has 2 fully saturated rings. The summed E-state index contributed by atoms with van der Waals surface area (Å²) in [5.74, 6) is 0.134. The molecule has 1 aromatic rings. The van der Waals surface area contributed by atoms with Crippen LogP contribution in [-0.4, -0.2) is 65.7 Å². The predicted octanol–water partition coefficient (Wildman–Crippen LogP) is 1.59. The third kappa shape index (κ3) is 5.21. The van der Waals surface area contributed by atoms with Gasteiger partial charge < -0.3 is 9.80 Å². The van der Waals surface area contributed by atoms with Crippen LogP contribution in [0.2, 0.25) is 0 Å². The Balaban J connectivity index is 1.52. The highest BCUT2D eigenvalue weighted by Gasteiger charge is 2.32. The third-order valence-corrected chi connectivity index (χ3v) is 6.68. The van der Waals surface area contributed by atoms with E-state index in [0.717, 1.165) is 38.2 Å². The molecule has 2 aliphatic heterocycles. The van der Waals surface area contributed by atoms with Gasteiger partial charge in [-0.2, -0.15) is 0 Å². The summed E-state index contributed by atoms with van der Waals surface area (Å²) in [4.78, 5) is 30.8. The number of benzene rings is 1. The second kappa shape index (κ2) is 9.67. The molecule has 0 aromatic heterocycles. The average Bonchev–Trinajstić information content (AvgIpc) is 2.96. The largest absolute Gasteiger partial charge is 0.334 e. The van der Waals surface area contributed by atoms with E-state index in [1.165, 1.54) is 22.2 Å². The zero-order valence-corrected chi connectivity index (χ0v) is 18.2. The molecular weight excluding hydrogens is 390 g/mol. The molecular formula is C21H28N3O2S2+. The fraction of sp³-hybridized carbons (Fsp3) is 0.476. The van der Waals surface area contributed by atoms with Gasteiger partial charge in [-0.15, -0.1) is 0 Å². The molecule has 28 heavy (non-hydrogen) atoms. The number of carbonyl (C=O) groups excluding carboxylic acids is 2. The van der Waals surface area contributed by atoms with Crippen LogP contribution in [0.15, 0.2) is 29.2 Å². The molecule has 7 heteroatoms. The van der Waals surface area contributed by atoms with Crippen LogP contribution >= 0.6 is 24.0 Å². The van der Waals surface area contributed by atoms with Gasteiger partial charge in [-0.05, 0) is 30.0 Å². The van der Waals surface area contributed by atoms with Gasteiger partial charge in [0.05, 0.1) is 38.1 Å². The molecule has 0 unspecified atom stereocenters. The summed E-state index contributed by atoms with van der Waals surface area (Å²) in [5, 5.41) is 0. The van der Waals surface area contributed by atoms with Crippen LogP contribution in [0.4, 0.5) is 0 Å². The number of piperazine rings is 1. The molecule has 150 valence electrons. The smallest absolute Gasteiger partial charge is 0.266 e. The zero-order valence-electron chi connectivity index (χ0n) is 16.6. The molecule has 0 radical (unpaired) electrons. The second-order valence-electron chi connectivity index (χ2n) is 7.37. The number of amides is 2. The Bertz CT molecular complexity index is 768. The maximum absolute atomic E-state index is 12.7. The van der Waals surface area contributed by atoms with E-state index in [1.54, 1.807) is 4.90 Å².